The summed E-state index contributed by atoms with van der Waals surface area (Å²) in [6, 6.07) is 7.48. The highest BCUT2D eigenvalue weighted by molar-refractivity contribution is 9.10. The number of aryl methyl sites for hydroxylation is 2. The lowest BCUT2D eigenvalue weighted by molar-refractivity contribution is -0.123. The summed E-state index contributed by atoms with van der Waals surface area (Å²) in [6.45, 7) is 4.90. The van der Waals surface area contributed by atoms with Gasteiger partial charge >= 0.3 is 0 Å². The van der Waals surface area contributed by atoms with E-state index in [0.29, 0.717) is 22.6 Å². The molecule has 0 saturated heterocycles. The van der Waals surface area contributed by atoms with Crippen LogP contribution in [-0.4, -0.2) is 23.8 Å². The number of carbonyl (C=O) groups is 3. The van der Waals surface area contributed by atoms with Crippen molar-refractivity contribution in [1.29, 1.82) is 0 Å². The maximum Gasteiger partial charge on any atom is 0.273 e. The Morgan fingerprint density at radius 2 is 1.68 bits per heavy atom. The van der Waals surface area contributed by atoms with Gasteiger partial charge in [0.15, 0.2) is 0 Å². The molecule has 132 valence electrons. The Morgan fingerprint density at radius 3 is 2.24 bits per heavy atom. The third-order valence-electron chi connectivity index (χ3n) is 3.43. The average molecular weight is 408 g/mol. The molecule has 0 bridgehead atoms. The van der Waals surface area contributed by atoms with Gasteiger partial charge in [0.05, 0.1) is 5.56 Å². The third kappa shape index (κ3) is 4.93. The van der Waals surface area contributed by atoms with Crippen molar-refractivity contribution in [2.45, 2.75) is 26.8 Å². The number of rotatable bonds is 4. The second-order valence-electron chi connectivity index (χ2n) is 5.47. The molecule has 0 fully saturated rings. The zero-order valence-corrected chi connectivity index (χ0v) is 15.6. The number of furan rings is 1. The zero-order chi connectivity index (χ0) is 18.6. The number of halogens is 1. The van der Waals surface area contributed by atoms with E-state index in [1.807, 2.05) is 0 Å². The van der Waals surface area contributed by atoms with Crippen molar-refractivity contribution in [3.05, 3.63) is 57.5 Å². The van der Waals surface area contributed by atoms with Gasteiger partial charge in [-0.2, -0.15) is 0 Å². The number of benzene rings is 1. The molecule has 3 amide bonds. The van der Waals surface area contributed by atoms with Crippen LogP contribution in [0.3, 0.4) is 0 Å². The Kier molecular flexibility index (Phi) is 5.97. The van der Waals surface area contributed by atoms with Gasteiger partial charge in [0.1, 0.15) is 17.6 Å². The molecule has 2 aromatic rings. The summed E-state index contributed by atoms with van der Waals surface area (Å²) < 4.78 is 6.12. The Hall–Kier alpha value is -2.61. The van der Waals surface area contributed by atoms with Crippen molar-refractivity contribution >= 4 is 33.7 Å². The van der Waals surface area contributed by atoms with E-state index in [2.05, 4.69) is 32.1 Å². The van der Waals surface area contributed by atoms with E-state index in [-0.39, 0.29) is 5.91 Å². The van der Waals surface area contributed by atoms with Crippen LogP contribution >= 0.6 is 15.9 Å². The lowest BCUT2D eigenvalue weighted by Crippen LogP contribution is -2.51. The molecule has 1 heterocycles. The molecule has 8 heteroatoms. The van der Waals surface area contributed by atoms with Gasteiger partial charge in [0, 0.05) is 10.0 Å². The van der Waals surface area contributed by atoms with Gasteiger partial charge in [-0.1, -0.05) is 15.9 Å². The van der Waals surface area contributed by atoms with E-state index in [0.717, 1.165) is 4.47 Å². The van der Waals surface area contributed by atoms with Gasteiger partial charge in [0.25, 0.3) is 17.7 Å². The second kappa shape index (κ2) is 7.98. The minimum atomic E-state index is -0.830. The SMILES string of the molecule is Cc1cc(C(=O)NNC(=O)[C@H](C)NC(=O)c2ccc(Br)cc2)c(C)o1. The van der Waals surface area contributed by atoms with Crippen molar-refractivity contribution < 1.29 is 18.8 Å². The molecule has 0 radical (unpaired) electrons. The number of hydrogen-bond acceptors (Lipinski definition) is 4. The van der Waals surface area contributed by atoms with E-state index in [1.165, 1.54) is 6.92 Å². The predicted octanol–water partition coefficient (Wildman–Crippen LogP) is 2.24. The molecule has 0 aliphatic heterocycles. The molecule has 0 unspecified atom stereocenters. The average Bonchev–Trinajstić information content (AvgIpc) is 2.91. The lowest BCUT2D eigenvalue weighted by atomic mass is 10.2. The van der Waals surface area contributed by atoms with Gasteiger partial charge in [-0.3, -0.25) is 25.2 Å². The highest BCUT2D eigenvalue weighted by Crippen LogP contribution is 2.13. The van der Waals surface area contributed by atoms with E-state index in [4.69, 9.17) is 4.42 Å². The van der Waals surface area contributed by atoms with Gasteiger partial charge in [0.2, 0.25) is 0 Å². The fourth-order valence-corrected chi connectivity index (χ4v) is 2.36. The van der Waals surface area contributed by atoms with Crippen LogP contribution in [0.25, 0.3) is 0 Å². The van der Waals surface area contributed by atoms with E-state index in [9.17, 15) is 14.4 Å². The van der Waals surface area contributed by atoms with Crippen LogP contribution < -0.4 is 16.2 Å². The Bertz CT molecular complexity index is 799. The van der Waals surface area contributed by atoms with Crippen molar-refractivity contribution in [2.75, 3.05) is 0 Å². The Labute approximate surface area is 153 Å². The number of hydrogen-bond donors (Lipinski definition) is 3. The predicted molar refractivity (Wildman–Crippen MR) is 94.9 cm³/mol. The molecule has 25 heavy (non-hydrogen) atoms. The zero-order valence-electron chi connectivity index (χ0n) is 14.0. The second-order valence-corrected chi connectivity index (χ2v) is 6.39. The van der Waals surface area contributed by atoms with Gasteiger partial charge in [-0.05, 0) is 51.1 Å². The standard InChI is InChI=1S/C17H18BrN3O4/c1-9-8-14(11(3)25-9)17(24)21-20-15(22)10(2)19-16(23)12-4-6-13(18)7-5-12/h4-8,10H,1-3H3,(H,19,23)(H,20,22)(H,21,24)/t10-/m0/s1. The molecule has 1 atom stereocenters. The van der Waals surface area contributed by atoms with Crippen molar-refractivity contribution in [3.8, 4) is 0 Å². The first-order valence-corrected chi connectivity index (χ1v) is 8.31. The van der Waals surface area contributed by atoms with Crippen LogP contribution in [0.15, 0.2) is 39.2 Å². The van der Waals surface area contributed by atoms with Crippen LogP contribution in [0.2, 0.25) is 0 Å². The van der Waals surface area contributed by atoms with E-state index < -0.39 is 17.9 Å². The number of nitrogens with one attached hydrogen (secondary N) is 3. The largest absolute Gasteiger partial charge is 0.466 e. The van der Waals surface area contributed by atoms with Crippen LogP contribution in [0.4, 0.5) is 0 Å². The first-order chi connectivity index (χ1) is 11.8. The topological polar surface area (TPSA) is 100 Å². The molecular formula is C17H18BrN3O4. The minimum Gasteiger partial charge on any atom is -0.466 e. The normalized spacial score (nSPS) is 11.5. The monoisotopic (exact) mass is 407 g/mol. The molecule has 0 saturated carbocycles. The molecule has 7 nitrogen and oxygen atoms in total. The van der Waals surface area contributed by atoms with E-state index in [1.54, 1.807) is 44.2 Å². The summed E-state index contributed by atoms with van der Waals surface area (Å²) in [5.41, 5.74) is 5.34. The van der Waals surface area contributed by atoms with Gasteiger partial charge in [-0.25, -0.2) is 0 Å². The van der Waals surface area contributed by atoms with Crippen molar-refractivity contribution in [2.24, 2.45) is 0 Å². The fourth-order valence-electron chi connectivity index (χ4n) is 2.10. The summed E-state index contributed by atoms with van der Waals surface area (Å²) in [5, 5.41) is 2.56. The van der Waals surface area contributed by atoms with Crippen molar-refractivity contribution in [1.82, 2.24) is 16.2 Å². The van der Waals surface area contributed by atoms with Crippen LogP contribution in [0.1, 0.15) is 39.2 Å². The Morgan fingerprint density at radius 1 is 1.04 bits per heavy atom. The summed E-state index contributed by atoms with van der Waals surface area (Å²) in [7, 11) is 0. The summed E-state index contributed by atoms with van der Waals surface area (Å²) in [5.74, 6) is -0.362. The molecule has 2 rings (SSSR count). The highest BCUT2D eigenvalue weighted by atomic mass is 79.9. The first-order valence-electron chi connectivity index (χ1n) is 7.51. The van der Waals surface area contributed by atoms with Crippen molar-refractivity contribution in [3.63, 3.8) is 0 Å². The van der Waals surface area contributed by atoms with Crippen LogP contribution in [0.5, 0.6) is 0 Å². The lowest BCUT2D eigenvalue weighted by Gasteiger charge is -2.14. The van der Waals surface area contributed by atoms with E-state index >= 15 is 0 Å². The molecule has 0 aliphatic carbocycles. The molecular weight excluding hydrogens is 390 g/mol. The first kappa shape index (κ1) is 18.7. The van der Waals surface area contributed by atoms with Gasteiger partial charge in [-0.15, -0.1) is 0 Å². The molecule has 3 N–H and O–H groups in total. The van der Waals surface area contributed by atoms with Gasteiger partial charge < -0.3 is 9.73 Å². The third-order valence-corrected chi connectivity index (χ3v) is 3.96. The maximum atomic E-state index is 12.1. The number of carbonyl (C=O) groups excluding carboxylic acids is 3. The molecule has 0 aliphatic rings. The highest BCUT2D eigenvalue weighted by Gasteiger charge is 2.19. The summed E-state index contributed by atoms with van der Waals surface area (Å²) in [6.07, 6.45) is 0. The summed E-state index contributed by atoms with van der Waals surface area (Å²) >= 11 is 3.29. The number of amides is 3. The summed E-state index contributed by atoms with van der Waals surface area (Å²) in [4.78, 5) is 36.1. The fraction of sp³-hybridized carbons (Fsp3) is 0.235. The molecule has 0 spiro atoms. The minimum absolute atomic E-state index is 0.337. The smallest absolute Gasteiger partial charge is 0.273 e. The quantitative estimate of drug-likeness (QED) is 0.676. The number of hydrazine groups is 1. The van der Waals surface area contributed by atoms with Crippen LogP contribution in [0, 0.1) is 13.8 Å². The molecule has 1 aromatic heterocycles. The maximum absolute atomic E-state index is 12.1. The van der Waals surface area contributed by atoms with Crippen LogP contribution in [-0.2, 0) is 4.79 Å². The Balaban J connectivity index is 1.87. The molecule has 1 aromatic carbocycles.